The minimum Gasteiger partial charge on any atom is -0.296 e. The maximum Gasteiger partial charge on any atom is 0.139 e. The molecule has 1 aliphatic carbocycles. The van der Waals surface area contributed by atoms with Crippen LogP contribution in [0.25, 0.3) is 83.8 Å². The van der Waals surface area contributed by atoms with Gasteiger partial charge in [-0.15, -0.1) is 22.4 Å². The predicted molar refractivity (Wildman–Crippen MR) is 274 cm³/mol. The fourth-order valence-electron chi connectivity index (χ4n) is 9.91. The average Bonchev–Trinajstić information content (AvgIpc) is 3.63. The van der Waals surface area contributed by atoms with Crippen molar-refractivity contribution in [1.82, 2.24) is 9.55 Å². The maximum atomic E-state index is 5.11. The molecule has 0 fully saturated rings. The molecule has 1 heterocycles. The third kappa shape index (κ3) is 5.70. The minimum absolute atomic E-state index is 0.860. The Morgan fingerprint density at radius 3 is 1.98 bits per heavy atom. The van der Waals surface area contributed by atoms with Crippen LogP contribution in [0, 0.1) is 0 Å². The molecule has 1 aliphatic rings. The summed E-state index contributed by atoms with van der Waals surface area (Å²) < 4.78 is 2.42. The van der Waals surface area contributed by atoms with Crippen molar-refractivity contribution in [1.29, 1.82) is 0 Å². The lowest BCUT2D eigenvalue weighted by atomic mass is 9.60. The highest BCUT2D eigenvalue weighted by Crippen LogP contribution is 2.46. The van der Waals surface area contributed by atoms with Crippen LogP contribution >= 0.6 is 0 Å². The number of hydrogen-bond acceptors (Lipinski definition) is 1. The average molecular weight is 723 g/mol. The summed E-state index contributed by atoms with van der Waals surface area (Å²) in [5, 5.41) is 5.48. The van der Waals surface area contributed by atoms with Gasteiger partial charge in [0.1, 0.15) is 68.6 Å². The number of imidazole rings is 1. The molecule has 0 spiro atoms. The van der Waals surface area contributed by atoms with E-state index in [0.29, 0.717) is 0 Å². The fourth-order valence-corrected chi connectivity index (χ4v) is 9.91. The second-order valence-corrected chi connectivity index (χ2v) is 16.2. The van der Waals surface area contributed by atoms with E-state index in [9.17, 15) is 0 Å². The summed E-state index contributed by atoms with van der Waals surface area (Å²) in [5.74, 6) is 3.33. The van der Waals surface area contributed by atoms with E-state index >= 15 is 0 Å². The van der Waals surface area contributed by atoms with Gasteiger partial charge in [0.05, 0.1) is 16.7 Å². The minimum atomic E-state index is 0.860. The lowest BCUT2D eigenvalue weighted by molar-refractivity contribution is 0.898. The van der Waals surface area contributed by atoms with Crippen molar-refractivity contribution < 1.29 is 0 Å². The number of para-hydroxylation sites is 2. The number of benzene rings is 7. The van der Waals surface area contributed by atoms with Crippen molar-refractivity contribution in [2.45, 2.75) is 26.2 Å². The van der Waals surface area contributed by atoms with E-state index in [4.69, 9.17) is 4.98 Å². The number of nitrogens with zero attached hydrogens (tertiary/aromatic N) is 2. The van der Waals surface area contributed by atoms with E-state index in [0.717, 1.165) is 36.1 Å². The SMILES string of the molecule is BC=Cc1c(B)c(B)c(B)c2c(-c3cccc(-c4ccccc4)c3)c3c(B)c(B)c(B)c(B)c3c(-c3ccc(-n4c(CC)nc5ccccc54)c4c3CCC=C4)c12. The molecule has 1 aromatic heterocycles. The molecule has 0 aliphatic heterocycles. The summed E-state index contributed by atoms with van der Waals surface area (Å²) >= 11 is 0. The highest BCUT2D eigenvalue weighted by Gasteiger charge is 2.28. The molecular formula is C47H44B8N2. The van der Waals surface area contributed by atoms with Gasteiger partial charge in [-0.1, -0.05) is 114 Å². The highest BCUT2D eigenvalue weighted by molar-refractivity contribution is 6.69. The van der Waals surface area contributed by atoms with Crippen LogP contribution in [0.4, 0.5) is 0 Å². The van der Waals surface area contributed by atoms with Crippen LogP contribution in [-0.4, -0.2) is 72.3 Å². The van der Waals surface area contributed by atoms with Crippen LogP contribution in [-0.2, 0) is 12.8 Å². The van der Waals surface area contributed by atoms with Crippen molar-refractivity contribution in [2.75, 3.05) is 0 Å². The van der Waals surface area contributed by atoms with Gasteiger partial charge < -0.3 is 0 Å². The Morgan fingerprint density at radius 2 is 1.26 bits per heavy atom. The van der Waals surface area contributed by atoms with E-state index in [-0.39, 0.29) is 0 Å². The molecule has 0 bridgehead atoms. The lowest BCUT2D eigenvalue weighted by Crippen LogP contribution is -2.48. The molecule has 0 N–H and O–H groups in total. The van der Waals surface area contributed by atoms with Crippen molar-refractivity contribution in [3.05, 3.63) is 126 Å². The molecule has 0 radical (unpaired) electrons. The third-order valence-corrected chi connectivity index (χ3v) is 13.3. The molecule has 0 amide bonds. The Balaban J connectivity index is 1.50. The van der Waals surface area contributed by atoms with E-state index in [1.165, 1.54) is 116 Å². The first kappa shape index (κ1) is 37.1. The Bertz CT molecular complexity index is 3040. The summed E-state index contributed by atoms with van der Waals surface area (Å²) in [5.41, 5.74) is 24.8. The van der Waals surface area contributed by atoms with Gasteiger partial charge in [-0.3, -0.25) is 4.57 Å². The van der Waals surface area contributed by atoms with Gasteiger partial charge in [0.15, 0.2) is 0 Å². The smallest absolute Gasteiger partial charge is 0.139 e. The van der Waals surface area contributed by atoms with Crippen molar-refractivity contribution in [3.8, 4) is 39.1 Å². The molecule has 0 unspecified atom stereocenters. The molecule has 266 valence electrons. The second kappa shape index (κ2) is 14.5. The first-order valence-electron chi connectivity index (χ1n) is 20.7. The van der Waals surface area contributed by atoms with Gasteiger partial charge in [-0.2, -0.15) is 0 Å². The third-order valence-electron chi connectivity index (χ3n) is 13.3. The van der Waals surface area contributed by atoms with Gasteiger partial charge in [0.25, 0.3) is 0 Å². The van der Waals surface area contributed by atoms with Crippen LogP contribution in [0.5, 0.6) is 0 Å². The summed E-state index contributed by atoms with van der Waals surface area (Å²) in [6.07, 6.45) is 9.99. The number of hydrogen-bond donors (Lipinski definition) is 0. The molecule has 9 rings (SSSR count). The summed E-state index contributed by atoms with van der Waals surface area (Å²) in [6, 6.07) is 33.5. The normalized spacial score (nSPS) is 12.6. The number of aromatic nitrogens is 2. The molecule has 7 aromatic carbocycles. The first-order chi connectivity index (χ1) is 27.7. The molecule has 8 aromatic rings. The van der Waals surface area contributed by atoms with Gasteiger partial charge in [0, 0.05) is 12.0 Å². The van der Waals surface area contributed by atoms with Gasteiger partial charge in [-0.25, -0.2) is 4.98 Å². The molecule has 2 nitrogen and oxygen atoms in total. The maximum absolute atomic E-state index is 5.11. The number of aryl methyl sites for hydroxylation is 1. The fraction of sp³-hybridized carbons (Fsp3) is 0.0851. The van der Waals surface area contributed by atoms with Crippen LogP contribution < -0.4 is 38.2 Å². The molecule has 57 heavy (non-hydrogen) atoms. The van der Waals surface area contributed by atoms with Crippen LogP contribution in [0.2, 0.25) is 0 Å². The van der Waals surface area contributed by atoms with E-state index in [1.54, 1.807) is 0 Å². The lowest BCUT2D eigenvalue weighted by Gasteiger charge is -2.30. The largest absolute Gasteiger partial charge is 0.296 e. The predicted octanol–water partition coefficient (Wildman–Crippen LogP) is -0.733. The van der Waals surface area contributed by atoms with Gasteiger partial charge in [0.2, 0.25) is 0 Å². The van der Waals surface area contributed by atoms with Crippen LogP contribution in [0.15, 0.2) is 103 Å². The quantitative estimate of drug-likeness (QED) is 0.164. The summed E-state index contributed by atoms with van der Waals surface area (Å²) in [4.78, 5) is 5.11. The molecule has 0 saturated carbocycles. The number of allylic oxidation sites excluding steroid dienone is 1. The highest BCUT2D eigenvalue weighted by atomic mass is 15.1. The van der Waals surface area contributed by atoms with Crippen molar-refractivity contribution >= 4 is 146 Å². The monoisotopic (exact) mass is 724 g/mol. The standard InChI is InChI=1S/C47H44B8N2/c1-2-34-56-31-17-8-9-18-33(31)57(34)32-20-19-29(27-15-6-7-16-28(27)32)36-37-30(21-22-48)41(49)45(53)42(50)38(37)35(39-40(36)44(52)47(55)46(54)43(39)51)26-14-10-13-25(23-26)24-11-4-3-5-12-24/h3-5,7-14,16-23H,2,6,15,48-55H2,1H3. The summed E-state index contributed by atoms with van der Waals surface area (Å²) in [6.45, 7) is 2.22. The van der Waals surface area contributed by atoms with E-state index < -0.39 is 0 Å². The Hall–Kier alpha value is -5.47. The number of rotatable bonds is 6. The zero-order valence-corrected chi connectivity index (χ0v) is 35.0. The Morgan fingerprint density at radius 1 is 0.632 bits per heavy atom. The van der Waals surface area contributed by atoms with E-state index in [1.807, 2.05) is 0 Å². The molecular weight excluding hydrogens is 679 g/mol. The topological polar surface area (TPSA) is 17.8 Å². The second-order valence-electron chi connectivity index (χ2n) is 16.2. The zero-order chi connectivity index (χ0) is 39.7. The molecule has 10 heteroatoms. The van der Waals surface area contributed by atoms with Crippen LogP contribution in [0.1, 0.15) is 35.9 Å². The van der Waals surface area contributed by atoms with Gasteiger partial charge >= 0.3 is 0 Å². The summed E-state index contributed by atoms with van der Waals surface area (Å²) in [7, 11) is 18.6. The van der Waals surface area contributed by atoms with Gasteiger partial charge in [-0.05, 0) is 103 Å². The molecule has 0 atom stereocenters. The number of fused-ring (bicyclic) bond motifs is 4. The van der Waals surface area contributed by atoms with Crippen molar-refractivity contribution in [2.24, 2.45) is 0 Å². The Kier molecular flexibility index (Phi) is 9.43. The zero-order valence-electron chi connectivity index (χ0n) is 35.0. The van der Waals surface area contributed by atoms with Crippen LogP contribution in [0.3, 0.4) is 0 Å². The first-order valence-corrected chi connectivity index (χ1v) is 20.7. The molecule has 0 saturated heterocycles. The van der Waals surface area contributed by atoms with Crippen molar-refractivity contribution in [3.63, 3.8) is 0 Å². The van der Waals surface area contributed by atoms with E-state index in [2.05, 4.69) is 189 Å². The Labute approximate surface area is 344 Å².